The van der Waals surface area contributed by atoms with Gasteiger partial charge in [-0.25, -0.2) is 4.98 Å². The highest BCUT2D eigenvalue weighted by Gasteiger charge is 2.16. The number of nitrogens with two attached hydrogens (primary N) is 1. The largest absolute Gasteiger partial charge is 0.382 e. The SMILES string of the molecule is Nc1n[nH]c2ccc(-n3c(CNC4CCCCC4)cc4cccnc43)cc12. The summed E-state index contributed by atoms with van der Waals surface area (Å²) < 4.78 is 2.23. The number of anilines is 1. The lowest BCUT2D eigenvalue weighted by atomic mass is 9.95. The van der Waals surface area contributed by atoms with E-state index in [4.69, 9.17) is 5.73 Å². The third kappa shape index (κ3) is 2.96. The Morgan fingerprint density at radius 3 is 2.93 bits per heavy atom. The third-order valence-corrected chi connectivity index (χ3v) is 5.65. The number of rotatable bonds is 4. The molecule has 6 heteroatoms. The standard InChI is InChI=1S/C21H24N6/c22-20-18-12-16(8-9-19(18)25-26-20)27-17(11-14-5-4-10-23-21(14)27)13-24-15-6-2-1-3-7-15/h4-5,8-12,15,24H,1-3,6-7,13H2,(H3,22,25,26). The van der Waals surface area contributed by atoms with Crippen LogP contribution in [0.2, 0.25) is 0 Å². The molecule has 1 saturated carbocycles. The molecular formula is C21H24N6. The second-order valence-corrected chi connectivity index (χ2v) is 7.44. The molecule has 3 aromatic heterocycles. The first kappa shape index (κ1) is 16.3. The number of benzene rings is 1. The van der Waals surface area contributed by atoms with Crippen molar-refractivity contribution in [3.8, 4) is 5.69 Å². The minimum Gasteiger partial charge on any atom is -0.382 e. The fourth-order valence-corrected chi connectivity index (χ4v) is 4.22. The molecule has 0 bridgehead atoms. The van der Waals surface area contributed by atoms with Gasteiger partial charge >= 0.3 is 0 Å². The highest BCUT2D eigenvalue weighted by molar-refractivity contribution is 5.91. The molecule has 3 heterocycles. The molecule has 0 amide bonds. The fraction of sp³-hybridized carbons (Fsp3) is 0.333. The molecule has 0 spiro atoms. The van der Waals surface area contributed by atoms with Crippen molar-refractivity contribution >= 4 is 27.8 Å². The normalized spacial score (nSPS) is 15.7. The van der Waals surface area contributed by atoms with Crippen LogP contribution in [0, 0.1) is 0 Å². The molecule has 6 nitrogen and oxygen atoms in total. The van der Waals surface area contributed by atoms with E-state index in [9.17, 15) is 0 Å². The van der Waals surface area contributed by atoms with Crippen molar-refractivity contribution in [3.63, 3.8) is 0 Å². The second kappa shape index (κ2) is 6.70. The number of pyridine rings is 1. The van der Waals surface area contributed by atoms with Crippen LogP contribution in [0.15, 0.2) is 42.6 Å². The topological polar surface area (TPSA) is 84.5 Å². The van der Waals surface area contributed by atoms with Crippen LogP contribution in [0.3, 0.4) is 0 Å². The van der Waals surface area contributed by atoms with E-state index in [0.717, 1.165) is 34.2 Å². The summed E-state index contributed by atoms with van der Waals surface area (Å²) in [6.45, 7) is 0.833. The van der Waals surface area contributed by atoms with Gasteiger partial charge in [0.2, 0.25) is 0 Å². The lowest BCUT2D eigenvalue weighted by molar-refractivity contribution is 0.370. The van der Waals surface area contributed by atoms with Gasteiger partial charge in [0.05, 0.1) is 5.52 Å². The molecule has 4 aromatic rings. The summed E-state index contributed by atoms with van der Waals surface area (Å²) in [6, 6.07) is 13.2. The number of H-pyrrole nitrogens is 1. The predicted molar refractivity (Wildman–Crippen MR) is 109 cm³/mol. The van der Waals surface area contributed by atoms with Crippen molar-refractivity contribution < 1.29 is 0 Å². The summed E-state index contributed by atoms with van der Waals surface area (Å²) >= 11 is 0. The zero-order chi connectivity index (χ0) is 18.2. The number of nitrogens with one attached hydrogen (secondary N) is 2. The van der Waals surface area contributed by atoms with Gasteiger partial charge in [-0.05, 0) is 49.2 Å². The molecule has 27 heavy (non-hydrogen) atoms. The molecule has 138 valence electrons. The lowest BCUT2D eigenvalue weighted by Gasteiger charge is -2.23. The van der Waals surface area contributed by atoms with Gasteiger partial charge in [-0.15, -0.1) is 0 Å². The predicted octanol–water partition coefficient (Wildman–Crippen LogP) is 3.91. The number of nitrogens with zero attached hydrogens (tertiary/aromatic N) is 3. The zero-order valence-corrected chi connectivity index (χ0v) is 15.3. The fourth-order valence-electron chi connectivity index (χ4n) is 4.22. The van der Waals surface area contributed by atoms with E-state index in [2.05, 4.69) is 49.3 Å². The summed E-state index contributed by atoms with van der Waals surface area (Å²) in [6.07, 6.45) is 8.43. The number of nitrogen functional groups attached to an aromatic ring is 1. The first-order chi connectivity index (χ1) is 13.3. The van der Waals surface area contributed by atoms with Crippen molar-refractivity contribution in [2.45, 2.75) is 44.7 Å². The smallest absolute Gasteiger partial charge is 0.153 e. The molecule has 0 radical (unpaired) electrons. The summed E-state index contributed by atoms with van der Waals surface area (Å²) in [5.74, 6) is 0.526. The quantitative estimate of drug-likeness (QED) is 0.515. The van der Waals surface area contributed by atoms with Crippen molar-refractivity contribution in [1.82, 2.24) is 25.1 Å². The molecule has 1 aliphatic carbocycles. The minimum absolute atomic E-state index is 0.526. The maximum absolute atomic E-state index is 6.03. The monoisotopic (exact) mass is 360 g/mol. The highest BCUT2D eigenvalue weighted by atomic mass is 15.2. The Kier molecular flexibility index (Phi) is 4.05. The van der Waals surface area contributed by atoms with Gasteiger partial charge in [0.15, 0.2) is 5.82 Å². The van der Waals surface area contributed by atoms with E-state index in [1.165, 1.54) is 37.8 Å². The van der Waals surface area contributed by atoms with E-state index in [0.29, 0.717) is 11.9 Å². The average Bonchev–Trinajstić information content (AvgIpc) is 3.27. The molecule has 0 atom stereocenters. The van der Waals surface area contributed by atoms with E-state index >= 15 is 0 Å². The minimum atomic E-state index is 0.526. The Balaban J connectivity index is 1.57. The van der Waals surface area contributed by atoms with E-state index in [1.807, 2.05) is 18.3 Å². The average molecular weight is 360 g/mol. The summed E-state index contributed by atoms with van der Waals surface area (Å²) in [7, 11) is 0. The van der Waals surface area contributed by atoms with Crippen molar-refractivity contribution in [3.05, 3.63) is 48.3 Å². The molecule has 0 saturated heterocycles. The van der Waals surface area contributed by atoms with Crippen LogP contribution < -0.4 is 11.1 Å². The maximum atomic E-state index is 6.03. The van der Waals surface area contributed by atoms with Crippen LogP contribution in [-0.4, -0.2) is 25.8 Å². The Labute approximate surface area is 157 Å². The Hall–Kier alpha value is -2.86. The van der Waals surface area contributed by atoms with Crippen molar-refractivity contribution in [2.24, 2.45) is 0 Å². The lowest BCUT2D eigenvalue weighted by Crippen LogP contribution is -2.31. The van der Waals surface area contributed by atoms with Crippen LogP contribution in [0.25, 0.3) is 27.6 Å². The first-order valence-corrected chi connectivity index (χ1v) is 9.72. The van der Waals surface area contributed by atoms with Gasteiger partial charge in [-0.2, -0.15) is 5.10 Å². The first-order valence-electron chi connectivity index (χ1n) is 9.72. The van der Waals surface area contributed by atoms with Crippen LogP contribution in [0.1, 0.15) is 37.8 Å². The van der Waals surface area contributed by atoms with Gasteiger partial charge in [-0.1, -0.05) is 19.3 Å². The zero-order valence-electron chi connectivity index (χ0n) is 15.3. The van der Waals surface area contributed by atoms with E-state index < -0.39 is 0 Å². The molecule has 1 aromatic carbocycles. The maximum Gasteiger partial charge on any atom is 0.153 e. The van der Waals surface area contributed by atoms with Gasteiger partial charge < -0.3 is 11.1 Å². The molecule has 0 aliphatic heterocycles. The Bertz CT molecular complexity index is 1090. The third-order valence-electron chi connectivity index (χ3n) is 5.65. The number of aromatic amines is 1. The Morgan fingerprint density at radius 2 is 2.04 bits per heavy atom. The summed E-state index contributed by atoms with van der Waals surface area (Å²) in [5, 5.41) is 12.9. The number of aromatic nitrogens is 4. The van der Waals surface area contributed by atoms with Crippen molar-refractivity contribution in [2.75, 3.05) is 5.73 Å². The Morgan fingerprint density at radius 1 is 1.15 bits per heavy atom. The molecule has 5 rings (SSSR count). The molecule has 1 fully saturated rings. The van der Waals surface area contributed by atoms with Crippen LogP contribution in [0.5, 0.6) is 0 Å². The van der Waals surface area contributed by atoms with E-state index in [-0.39, 0.29) is 0 Å². The van der Waals surface area contributed by atoms with Crippen LogP contribution in [0.4, 0.5) is 5.82 Å². The second-order valence-electron chi connectivity index (χ2n) is 7.44. The summed E-state index contributed by atoms with van der Waals surface area (Å²) in [4.78, 5) is 4.64. The van der Waals surface area contributed by atoms with E-state index in [1.54, 1.807) is 0 Å². The van der Waals surface area contributed by atoms with Gasteiger partial charge in [0.25, 0.3) is 0 Å². The number of fused-ring (bicyclic) bond motifs is 2. The number of hydrogen-bond donors (Lipinski definition) is 3. The highest BCUT2D eigenvalue weighted by Crippen LogP contribution is 2.27. The molecule has 1 aliphatic rings. The van der Waals surface area contributed by atoms with Gasteiger partial charge in [0, 0.05) is 40.9 Å². The molecular weight excluding hydrogens is 336 g/mol. The summed E-state index contributed by atoms with van der Waals surface area (Å²) in [5.41, 5.74) is 10.2. The van der Waals surface area contributed by atoms with Crippen molar-refractivity contribution in [1.29, 1.82) is 0 Å². The molecule has 4 N–H and O–H groups in total. The van der Waals surface area contributed by atoms with Gasteiger partial charge in [0.1, 0.15) is 5.65 Å². The van der Waals surface area contributed by atoms with Gasteiger partial charge in [-0.3, -0.25) is 9.67 Å². The van der Waals surface area contributed by atoms with Crippen LogP contribution in [-0.2, 0) is 6.54 Å². The van der Waals surface area contributed by atoms with Crippen LogP contribution >= 0.6 is 0 Å². The molecule has 0 unspecified atom stereocenters. The number of hydrogen-bond acceptors (Lipinski definition) is 4.